The van der Waals surface area contributed by atoms with E-state index in [0.717, 1.165) is 17.7 Å². The number of ether oxygens (including phenoxy) is 1. The van der Waals surface area contributed by atoms with Crippen molar-refractivity contribution in [3.8, 4) is 0 Å². The molecule has 0 saturated carbocycles. The Morgan fingerprint density at radius 2 is 1.96 bits per heavy atom. The summed E-state index contributed by atoms with van der Waals surface area (Å²) in [5.74, 6) is -0.148. The summed E-state index contributed by atoms with van der Waals surface area (Å²) in [5, 5.41) is 1.91. The summed E-state index contributed by atoms with van der Waals surface area (Å²) in [6.07, 6.45) is 6.59. The topological polar surface area (TPSA) is 59.5 Å². The molecule has 25 heavy (non-hydrogen) atoms. The van der Waals surface area contributed by atoms with Gasteiger partial charge in [0.2, 0.25) is 0 Å². The predicted molar refractivity (Wildman–Crippen MR) is 96.5 cm³/mol. The summed E-state index contributed by atoms with van der Waals surface area (Å²) < 4.78 is 5.42. The van der Waals surface area contributed by atoms with Crippen molar-refractivity contribution in [3.05, 3.63) is 52.5 Å². The molecule has 0 spiro atoms. The highest BCUT2D eigenvalue weighted by Gasteiger charge is 2.28. The summed E-state index contributed by atoms with van der Waals surface area (Å²) in [6.45, 7) is 1.68. The van der Waals surface area contributed by atoms with Gasteiger partial charge in [-0.2, -0.15) is 0 Å². The second-order valence-electron chi connectivity index (χ2n) is 6.17. The zero-order valence-electron chi connectivity index (χ0n) is 14.1. The Bertz CT molecular complexity index is 680. The van der Waals surface area contributed by atoms with Crippen LogP contribution in [0.3, 0.4) is 0 Å². The van der Waals surface area contributed by atoms with Crippen molar-refractivity contribution in [2.75, 3.05) is 19.7 Å². The number of carbonyl (C=O) groups is 2. The quantitative estimate of drug-likeness (QED) is 0.588. The Balaban J connectivity index is 1.36. The molecule has 0 aliphatic carbocycles. The number of pyridine rings is 1. The molecule has 0 unspecified atom stereocenters. The minimum absolute atomic E-state index is 0.0687. The standard InChI is InChI=1S/C19H22N2O3S/c22-18(17-4-2-14-25-17)21-11-7-16(8-12-21)19(23)24-13-1-3-15-5-9-20-10-6-15/h2,4-6,9-10,14,16H,1,3,7-8,11-13H2. The predicted octanol–water partition coefficient (Wildman–Crippen LogP) is 3.17. The molecule has 3 rings (SSSR count). The number of carbonyl (C=O) groups excluding carboxylic acids is 2. The minimum Gasteiger partial charge on any atom is -0.465 e. The number of hydrogen-bond acceptors (Lipinski definition) is 5. The lowest BCUT2D eigenvalue weighted by atomic mass is 9.97. The van der Waals surface area contributed by atoms with Gasteiger partial charge in [0.1, 0.15) is 0 Å². The van der Waals surface area contributed by atoms with Crippen LogP contribution >= 0.6 is 11.3 Å². The molecule has 1 fully saturated rings. The van der Waals surface area contributed by atoms with Crippen LogP contribution in [0.2, 0.25) is 0 Å². The van der Waals surface area contributed by atoms with Crippen LogP contribution in [-0.4, -0.2) is 41.5 Å². The van der Waals surface area contributed by atoms with E-state index in [2.05, 4.69) is 4.98 Å². The highest BCUT2D eigenvalue weighted by Crippen LogP contribution is 2.21. The lowest BCUT2D eigenvalue weighted by molar-refractivity contribution is -0.150. The highest BCUT2D eigenvalue weighted by atomic mass is 32.1. The molecule has 1 saturated heterocycles. The van der Waals surface area contributed by atoms with Crippen LogP contribution in [0, 0.1) is 5.92 Å². The average molecular weight is 358 g/mol. The molecule has 0 aromatic carbocycles. The maximum absolute atomic E-state index is 12.3. The molecule has 5 nitrogen and oxygen atoms in total. The molecule has 2 aromatic rings. The monoisotopic (exact) mass is 358 g/mol. The second kappa shape index (κ2) is 8.76. The number of aryl methyl sites for hydroxylation is 1. The Hall–Kier alpha value is -2.21. The van der Waals surface area contributed by atoms with Gasteiger partial charge in [0.15, 0.2) is 0 Å². The van der Waals surface area contributed by atoms with E-state index >= 15 is 0 Å². The van der Waals surface area contributed by atoms with Gasteiger partial charge in [0.25, 0.3) is 5.91 Å². The maximum atomic E-state index is 12.3. The smallest absolute Gasteiger partial charge is 0.309 e. The maximum Gasteiger partial charge on any atom is 0.309 e. The van der Waals surface area contributed by atoms with Crippen molar-refractivity contribution in [1.29, 1.82) is 0 Å². The molecule has 1 amide bonds. The van der Waals surface area contributed by atoms with Crippen molar-refractivity contribution in [2.24, 2.45) is 5.92 Å². The zero-order chi connectivity index (χ0) is 17.5. The van der Waals surface area contributed by atoms with Gasteiger partial charge in [-0.3, -0.25) is 14.6 Å². The molecule has 0 atom stereocenters. The van der Waals surface area contributed by atoms with E-state index in [-0.39, 0.29) is 17.8 Å². The summed E-state index contributed by atoms with van der Waals surface area (Å²) in [6, 6.07) is 7.68. The first kappa shape index (κ1) is 17.6. The summed E-state index contributed by atoms with van der Waals surface area (Å²) in [4.78, 5) is 31.1. The minimum atomic E-state index is -0.127. The van der Waals surface area contributed by atoms with E-state index < -0.39 is 0 Å². The SMILES string of the molecule is O=C(OCCCc1ccncc1)C1CCN(C(=O)c2cccs2)CC1. The second-order valence-corrected chi connectivity index (χ2v) is 7.12. The summed E-state index contributed by atoms with van der Waals surface area (Å²) >= 11 is 1.46. The normalized spacial score (nSPS) is 15.1. The van der Waals surface area contributed by atoms with E-state index in [9.17, 15) is 9.59 Å². The van der Waals surface area contributed by atoms with Crippen molar-refractivity contribution >= 4 is 23.2 Å². The number of hydrogen-bond donors (Lipinski definition) is 0. The Morgan fingerprint density at radius 1 is 1.20 bits per heavy atom. The molecule has 0 N–H and O–H groups in total. The molecule has 6 heteroatoms. The van der Waals surface area contributed by atoms with Gasteiger partial charge in [-0.25, -0.2) is 0 Å². The molecule has 0 bridgehead atoms. The number of likely N-dealkylation sites (tertiary alicyclic amines) is 1. The molecule has 1 aliphatic heterocycles. The molecule has 3 heterocycles. The number of thiophene rings is 1. The third-order valence-corrected chi connectivity index (χ3v) is 5.31. The van der Waals surface area contributed by atoms with Gasteiger partial charge >= 0.3 is 5.97 Å². The summed E-state index contributed by atoms with van der Waals surface area (Å²) in [7, 11) is 0. The van der Waals surface area contributed by atoms with Crippen molar-refractivity contribution in [1.82, 2.24) is 9.88 Å². The Morgan fingerprint density at radius 3 is 2.64 bits per heavy atom. The van der Waals surface area contributed by atoms with Crippen LogP contribution in [0.15, 0.2) is 42.0 Å². The lowest BCUT2D eigenvalue weighted by Crippen LogP contribution is -2.40. The Kier molecular flexibility index (Phi) is 6.17. The zero-order valence-corrected chi connectivity index (χ0v) is 14.9. The van der Waals surface area contributed by atoms with Crippen LogP contribution in [0.1, 0.15) is 34.5 Å². The van der Waals surface area contributed by atoms with E-state index in [1.807, 2.05) is 34.5 Å². The van der Waals surface area contributed by atoms with E-state index in [1.54, 1.807) is 12.4 Å². The van der Waals surface area contributed by atoms with Gasteiger partial charge in [-0.05, 0) is 54.8 Å². The lowest BCUT2D eigenvalue weighted by Gasteiger charge is -2.30. The molecular formula is C19H22N2O3S. The Labute approximate surface area is 151 Å². The van der Waals surface area contributed by atoms with E-state index in [1.165, 1.54) is 16.9 Å². The van der Waals surface area contributed by atoms with Gasteiger partial charge in [0, 0.05) is 25.5 Å². The summed E-state index contributed by atoms with van der Waals surface area (Å²) in [5.41, 5.74) is 1.20. The van der Waals surface area contributed by atoms with Crippen LogP contribution in [0.5, 0.6) is 0 Å². The molecule has 2 aromatic heterocycles. The molecule has 132 valence electrons. The van der Waals surface area contributed by atoms with Gasteiger partial charge in [0.05, 0.1) is 17.4 Å². The number of amides is 1. The highest BCUT2D eigenvalue weighted by molar-refractivity contribution is 7.12. The number of piperidine rings is 1. The average Bonchev–Trinajstić information content (AvgIpc) is 3.20. The fourth-order valence-corrected chi connectivity index (χ4v) is 3.68. The molecule has 0 radical (unpaired) electrons. The number of aromatic nitrogens is 1. The van der Waals surface area contributed by atoms with Crippen LogP contribution in [0.4, 0.5) is 0 Å². The van der Waals surface area contributed by atoms with Crippen LogP contribution in [-0.2, 0) is 16.0 Å². The number of nitrogens with zero attached hydrogens (tertiary/aromatic N) is 2. The fourth-order valence-electron chi connectivity index (χ4n) is 2.99. The van der Waals surface area contributed by atoms with Crippen molar-refractivity contribution in [2.45, 2.75) is 25.7 Å². The van der Waals surface area contributed by atoms with Crippen LogP contribution < -0.4 is 0 Å². The number of esters is 1. The largest absolute Gasteiger partial charge is 0.465 e. The number of rotatable bonds is 6. The van der Waals surface area contributed by atoms with Gasteiger partial charge in [-0.1, -0.05) is 6.07 Å². The van der Waals surface area contributed by atoms with Crippen molar-refractivity contribution in [3.63, 3.8) is 0 Å². The van der Waals surface area contributed by atoms with Gasteiger partial charge in [-0.15, -0.1) is 11.3 Å². The third-order valence-electron chi connectivity index (χ3n) is 4.45. The fraction of sp³-hybridized carbons (Fsp3) is 0.421. The third kappa shape index (κ3) is 4.89. The first-order chi connectivity index (χ1) is 12.2. The first-order valence-corrected chi connectivity index (χ1v) is 9.50. The van der Waals surface area contributed by atoms with Crippen molar-refractivity contribution < 1.29 is 14.3 Å². The first-order valence-electron chi connectivity index (χ1n) is 8.62. The molecular weight excluding hydrogens is 336 g/mol. The van der Waals surface area contributed by atoms with E-state index in [0.29, 0.717) is 32.5 Å². The van der Waals surface area contributed by atoms with E-state index in [4.69, 9.17) is 4.74 Å². The van der Waals surface area contributed by atoms with Crippen LogP contribution in [0.25, 0.3) is 0 Å². The molecule has 1 aliphatic rings. The van der Waals surface area contributed by atoms with Gasteiger partial charge < -0.3 is 9.64 Å².